The van der Waals surface area contributed by atoms with Gasteiger partial charge in [-0.3, -0.25) is 14.7 Å². The van der Waals surface area contributed by atoms with Crippen molar-refractivity contribution >= 4 is 16.8 Å². The average Bonchev–Trinajstić information content (AvgIpc) is 2.93. The predicted molar refractivity (Wildman–Crippen MR) is 109 cm³/mol. The smallest absolute Gasteiger partial charge is 0.253 e. The summed E-state index contributed by atoms with van der Waals surface area (Å²) >= 11 is 0. The maximum absolute atomic E-state index is 12.8. The highest BCUT2D eigenvalue weighted by Gasteiger charge is 2.20. The van der Waals surface area contributed by atoms with Crippen molar-refractivity contribution in [3.8, 4) is 0 Å². The molecule has 0 saturated carbocycles. The second-order valence-electron chi connectivity index (χ2n) is 7.28. The van der Waals surface area contributed by atoms with Gasteiger partial charge in [-0.2, -0.15) is 0 Å². The normalized spacial score (nSPS) is 15.7. The van der Waals surface area contributed by atoms with Crippen molar-refractivity contribution in [2.45, 2.75) is 19.9 Å². The zero-order chi connectivity index (χ0) is 18.6. The van der Waals surface area contributed by atoms with Gasteiger partial charge in [-0.25, -0.2) is 0 Å². The standard InChI is InChI=1S/C23H25N3O/c1-18-6-2-8-20(16-18)23(27)26-13-5-12-25(14-15-26)17-21-9-3-7-19-10-4-11-24-22(19)21/h2-4,6-11,16H,5,12-15,17H2,1H3. The van der Waals surface area contributed by atoms with Crippen LogP contribution in [0.5, 0.6) is 0 Å². The Bertz CT molecular complexity index is 948. The predicted octanol–water partition coefficient (Wildman–Crippen LogP) is 3.89. The highest BCUT2D eigenvalue weighted by atomic mass is 16.2. The van der Waals surface area contributed by atoms with Crippen molar-refractivity contribution in [1.82, 2.24) is 14.8 Å². The fourth-order valence-electron chi connectivity index (χ4n) is 3.83. The fourth-order valence-corrected chi connectivity index (χ4v) is 3.83. The summed E-state index contributed by atoms with van der Waals surface area (Å²) in [5, 5.41) is 1.18. The Morgan fingerprint density at radius 3 is 2.74 bits per heavy atom. The fraction of sp³-hybridized carbons (Fsp3) is 0.304. The minimum Gasteiger partial charge on any atom is -0.337 e. The minimum absolute atomic E-state index is 0.146. The molecule has 0 unspecified atom stereocenters. The molecule has 138 valence electrons. The van der Waals surface area contributed by atoms with Crippen molar-refractivity contribution in [3.63, 3.8) is 0 Å². The molecule has 0 spiro atoms. The van der Waals surface area contributed by atoms with Gasteiger partial charge in [-0.1, -0.05) is 42.0 Å². The SMILES string of the molecule is Cc1cccc(C(=O)N2CCCN(Cc3cccc4cccnc34)CC2)c1. The number of hydrogen-bond donors (Lipinski definition) is 0. The summed E-state index contributed by atoms with van der Waals surface area (Å²) in [6.45, 7) is 6.38. The van der Waals surface area contributed by atoms with Gasteiger partial charge in [0.1, 0.15) is 0 Å². The largest absolute Gasteiger partial charge is 0.337 e. The Balaban J connectivity index is 1.45. The monoisotopic (exact) mass is 359 g/mol. The van der Waals surface area contributed by atoms with Gasteiger partial charge in [0.15, 0.2) is 0 Å². The second-order valence-corrected chi connectivity index (χ2v) is 7.28. The molecule has 4 heteroatoms. The number of carbonyl (C=O) groups is 1. The van der Waals surface area contributed by atoms with Crippen LogP contribution in [0.2, 0.25) is 0 Å². The summed E-state index contributed by atoms with van der Waals surface area (Å²) in [4.78, 5) is 21.8. The molecule has 1 aliphatic rings. The summed E-state index contributed by atoms with van der Waals surface area (Å²) in [5.41, 5.74) is 4.26. The molecule has 1 aliphatic heterocycles. The van der Waals surface area contributed by atoms with E-state index in [1.807, 2.05) is 48.4 Å². The zero-order valence-electron chi connectivity index (χ0n) is 15.8. The first-order valence-corrected chi connectivity index (χ1v) is 9.61. The molecule has 0 atom stereocenters. The third-order valence-electron chi connectivity index (χ3n) is 5.25. The number of benzene rings is 2. The number of pyridine rings is 1. The lowest BCUT2D eigenvalue weighted by Gasteiger charge is -2.22. The maximum Gasteiger partial charge on any atom is 0.253 e. The van der Waals surface area contributed by atoms with Crippen LogP contribution in [0.4, 0.5) is 0 Å². The number of amides is 1. The van der Waals surface area contributed by atoms with Gasteiger partial charge < -0.3 is 4.90 Å². The van der Waals surface area contributed by atoms with E-state index in [1.165, 1.54) is 10.9 Å². The first kappa shape index (κ1) is 17.7. The van der Waals surface area contributed by atoms with E-state index in [0.717, 1.165) is 55.8 Å². The lowest BCUT2D eigenvalue weighted by atomic mass is 10.1. The van der Waals surface area contributed by atoms with Crippen LogP contribution < -0.4 is 0 Å². The molecule has 4 nitrogen and oxygen atoms in total. The molecule has 0 bridgehead atoms. The molecule has 0 aliphatic carbocycles. The molecule has 0 radical (unpaired) electrons. The number of carbonyl (C=O) groups excluding carboxylic acids is 1. The molecule has 1 amide bonds. The van der Waals surface area contributed by atoms with Gasteiger partial charge in [-0.05, 0) is 37.1 Å². The number of aryl methyl sites for hydroxylation is 1. The highest BCUT2D eigenvalue weighted by molar-refractivity contribution is 5.94. The topological polar surface area (TPSA) is 36.4 Å². The molecular formula is C23H25N3O. The Kier molecular flexibility index (Phi) is 5.16. The van der Waals surface area contributed by atoms with Gasteiger partial charge in [-0.15, -0.1) is 0 Å². The van der Waals surface area contributed by atoms with Crippen LogP contribution in [0, 0.1) is 6.92 Å². The van der Waals surface area contributed by atoms with Crippen LogP contribution in [0.1, 0.15) is 27.9 Å². The molecule has 1 saturated heterocycles. The third-order valence-corrected chi connectivity index (χ3v) is 5.25. The molecule has 3 aromatic rings. The molecule has 27 heavy (non-hydrogen) atoms. The molecule has 0 N–H and O–H groups in total. The quantitative estimate of drug-likeness (QED) is 0.712. The van der Waals surface area contributed by atoms with Gasteiger partial charge in [0, 0.05) is 49.9 Å². The van der Waals surface area contributed by atoms with Crippen molar-refractivity contribution < 1.29 is 4.79 Å². The van der Waals surface area contributed by atoms with E-state index in [4.69, 9.17) is 0 Å². The Morgan fingerprint density at radius 2 is 1.85 bits per heavy atom. The van der Waals surface area contributed by atoms with Crippen molar-refractivity contribution in [2.75, 3.05) is 26.2 Å². The van der Waals surface area contributed by atoms with Crippen molar-refractivity contribution in [1.29, 1.82) is 0 Å². The van der Waals surface area contributed by atoms with E-state index < -0.39 is 0 Å². The lowest BCUT2D eigenvalue weighted by molar-refractivity contribution is 0.0761. The summed E-state index contributed by atoms with van der Waals surface area (Å²) in [5.74, 6) is 0.146. The Labute approximate surface area is 160 Å². The maximum atomic E-state index is 12.8. The van der Waals surface area contributed by atoms with E-state index in [2.05, 4.69) is 34.1 Å². The molecule has 1 aromatic heterocycles. The van der Waals surface area contributed by atoms with E-state index in [-0.39, 0.29) is 5.91 Å². The van der Waals surface area contributed by atoms with Gasteiger partial charge >= 0.3 is 0 Å². The Morgan fingerprint density at radius 1 is 1.00 bits per heavy atom. The average molecular weight is 359 g/mol. The summed E-state index contributed by atoms with van der Waals surface area (Å²) in [6, 6.07) is 18.3. The van der Waals surface area contributed by atoms with Crippen molar-refractivity contribution in [2.24, 2.45) is 0 Å². The number of fused-ring (bicyclic) bond motifs is 1. The second kappa shape index (κ2) is 7.89. The van der Waals surface area contributed by atoms with Crippen LogP contribution >= 0.6 is 0 Å². The van der Waals surface area contributed by atoms with E-state index in [1.54, 1.807) is 0 Å². The third kappa shape index (κ3) is 4.01. The Hall–Kier alpha value is -2.72. The first-order chi connectivity index (χ1) is 13.2. The van der Waals surface area contributed by atoms with E-state index in [0.29, 0.717) is 0 Å². The summed E-state index contributed by atoms with van der Waals surface area (Å²) in [6.07, 6.45) is 2.85. The first-order valence-electron chi connectivity index (χ1n) is 9.61. The number of nitrogens with zero attached hydrogens (tertiary/aromatic N) is 3. The minimum atomic E-state index is 0.146. The molecule has 1 fully saturated rings. The summed E-state index contributed by atoms with van der Waals surface area (Å²) in [7, 11) is 0. The molecule has 2 heterocycles. The molecular weight excluding hydrogens is 334 g/mol. The van der Waals surface area contributed by atoms with Crippen molar-refractivity contribution in [3.05, 3.63) is 77.5 Å². The van der Waals surface area contributed by atoms with E-state index in [9.17, 15) is 4.79 Å². The number of para-hydroxylation sites is 1. The lowest BCUT2D eigenvalue weighted by Crippen LogP contribution is -2.35. The van der Waals surface area contributed by atoms with Crippen LogP contribution in [0.25, 0.3) is 10.9 Å². The van der Waals surface area contributed by atoms with E-state index >= 15 is 0 Å². The summed E-state index contributed by atoms with van der Waals surface area (Å²) < 4.78 is 0. The highest BCUT2D eigenvalue weighted by Crippen LogP contribution is 2.19. The number of rotatable bonds is 3. The van der Waals surface area contributed by atoms with Gasteiger partial charge in [0.25, 0.3) is 5.91 Å². The van der Waals surface area contributed by atoms with Crippen LogP contribution in [0.15, 0.2) is 60.8 Å². The number of aromatic nitrogens is 1. The molecule has 4 rings (SSSR count). The van der Waals surface area contributed by atoms with Gasteiger partial charge in [0.2, 0.25) is 0 Å². The van der Waals surface area contributed by atoms with Crippen LogP contribution in [-0.4, -0.2) is 46.9 Å². The van der Waals surface area contributed by atoms with Crippen LogP contribution in [-0.2, 0) is 6.54 Å². The van der Waals surface area contributed by atoms with Crippen LogP contribution in [0.3, 0.4) is 0 Å². The molecule has 2 aromatic carbocycles. The van der Waals surface area contributed by atoms with Gasteiger partial charge in [0.05, 0.1) is 5.52 Å². The number of hydrogen-bond acceptors (Lipinski definition) is 3. The zero-order valence-corrected chi connectivity index (χ0v) is 15.8.